The Kier molecular flexibility index (Phi) is 8.77. The number of aromatic nitrogens is 3. The Morgan fingerprint density at radius 3 is 1.57 bits per heavy atom. The molecule has 352 valence electrons. The minimum Gasteiger partial charge on any atom is -0.456 e. The van der Waals surface area contributed by atoms with Crippen LogP contribution in [0.4, 0.5) is 0 Å². The molecule has 4 heterocycles. The third-order valence-corrected chi connectivity index (χ3v) is 18.5. The number of nitrogens with zero attached hydrogens (tertiary/aromatic N) is 3. The molecular weight excluding hydrogens is 963 g/mol. The molecule has 0 unspecified atom stereocenters. The molecule has 0 fully saturated rings. The summed E-state index contributed by atoms with van der Waals surface area (Å²) in [5, 5.41) is 6.75. The third-order valence-electron chi connectivity index (χ3n) is 16.2. The number of furan rings is 1. The molecule has 0 saturated carbocycles. The number of fused-ring (bicyclic) bond motifs is 19. The second-order valence-electron chi connectivity index (χ2n) is 20.1. The highest BCUT2D eigenvalue weighted by Gasteiger charge is 2.52. The maximum atomic E-state index is 6.73. The van der Waals surface area contributed by atoms with Crippen LogP contribution in [0.15, 0.2) is 241 Å². The molecule has 76 heavy (non-hydrogen) atoms. The molecule has 4 aromatic heterocycles. The van der Waals surface area contributed by atoms with Crippen molar-refractivity contribution < 1.29 is 4.42 Å². The van der Waals surface area contributed by atoms with E-state index in [9.17, 15) is 0 Å². The van der Waals surface area contributed by atoms with Crippen molar-refractivity contribution >= 4 is 85.0 Å². The molecule has 6 heteroatoms. The zero-order chi connectivity index (χ0) is 49.6. The fourth-order valence-corrected chi connectivity index (χ4v) is 15.2. The van der Waals surface area contributed by atoms with Gasteiger partial charge in [-0.15, -0.1) is 22.7 Å². The zero-order valence-electron chi connectivity index (χ0n) is 40.6. The van der Waals surface area contributed by atoms with E-state index in [2.05, 4.69) is 237 Å². The summed E-state index contributed by atoms with van der Waals surface area (Å²) in [6.07, 6.45) is 0. The van der Waals surface area contributed by atoms with Gasteiger partial charge in [0.15, 0.2) is 17.5 Å². The van der Waals surface area contributed by atoms with Crippen LogP contribution in [0.1, 0.15) is 22.3 Å². The Hall–Kier alpha value is -9.33. The highest BCUT2D eigenvalue weighted by Crippen LogP contribution is 2.64. The van der Waals surface area contributed by atoms with Crippen LogP contribution in [0.25, 0.3) is 141 Å². The first-order chi connectivity index (χ1) is 37.7. The molecule has 2 aliphatic carbocycles. The minimum atomic E-state index is -0.458. The minimum absolute atomic E-state index is 0.458. The lowest BCUT2D eigenvalue weighted by Gasteiger charge is -2.32. The maximum absolute atomic E-state index is 6.73. The molecule has 15 aromatic rings. The smallest absolute Gasteiger partial charge is 0.164 e. The highest BCUT2D eigenvalue weighted by atomic mass is 32.1. The van der Waals surface area contributed by atoms with Gasteiger partial charge in [0.2, 0.25) is 0 Å². The van der Waals surface area contributed by atoms with Gasteiger partial charge < -0.3 is 4.42 Å². The fourth-order valence-electron chi connectivity index (χ4n) is 13.0. The Balaban J connectivity index is 0.846. The number of benzene rings is 11. The van der Waals surface area contributed by atoms with Crippen molar-refractivity contribution in [1.29, 1.82) is 0 Å². The van der Waals surface area contributed by atoms with E-state index in [0.29, 0.717) is 17.5 Å². The van der Waals surface area contributed by atoms with Crippen molar-refractivity contribution in [3.05, 3.63) is 259 Å². The summed E-state index contributed by atoms with van der Waals surface area (Å²) >= 11 is 3.61. The van der Waals surface area contributed by atoms with Crippen LogP contribution in [-0.2, 0) is 5.41 Å². The van der Waals surface area contributed by atoms with Crippen molar-refractivity contribution in [2.75, 3.05) is 0 Å². The first-order valence-corrected chi connectivity index (χ1v) is 27.4. The van der Waals surface area contributed by atoms with Gasteiger partial charge in [-0.3, -0.25) is 0 Å². The van der Waals surface area contributed by atoms with Crippen molar-refractivity contribution in [2.24, 2.45) is 0 Å². The Morgan fingerprint density at radius 2 is 0.789 bits per heavy atom. The third kappa shape index (κ3) is 5.85. The highest BCUT2D eigenvalue weighted by molar-refractivity contribution is 7.26. The molecule has 0 saturated heterocycles. The van der Waals surface area contributed by atoms with Gasteiger partial charge in [-0.05, 0) is 127 Å². The van der Waals surface area contributed by atoms with Gasteiger partial charge in [0, 0.05) is 67.8 Å². The van der Waals surface area contributed by atoms with Crippen LogP contribution in [-0.4, -0.2) is 15.0 Å². The Labute approximate surface area is 444 Å². The van der Waals surface area contributed by atoms with Gasteiger partial charge in [0.05, 0.1) is 5.41 Å². The van der Waals surface area contributed by atoms with Crippen LogP contribution in [0.3, 0.4) is 0 Å². The van der Waals surface area contributed by atoms with Crippen molar-refractivity contribution in [1.82, 2.24) is 15.0 Å². The van der Waals surface area contributed by atoms with Crippen molar-refractivity contribution in [2.45, 2.75) is 5.41 Å². The second kappa shape index (κ2) is 15.8. The number of hydrogen-bond acceptors (Lipinski definition) is 6. The average molecular weight is 1000 g/mol. The van der Waals surface area contributed by atoms with E-state index in [-0.39, 0.29) is 0 Å². The van der Waals surface area contributed by atoms with E-state index < -0.39 is 5.41 Å². The predicted molar refractivity (Wildman–Crippen MR) is 316 cm³/mol. The van der Waals surface area contributed by atoms with Gasteiger partial charge in [0.25, 0.3) is 0 Å². The van der Waals surface area contributed by atoms with Gasteiger partial charge in [0.1, 0.15) is 11.2 Å². The van der Waals surface area contributed by atoms with Crippen LogP contribution in [0.2, 0.25) is 0 Å². The molecular formula is C70H39N3OS2. The van der Waals surface area contributed by atoms with Crippen LogP contribution >= 0.6 is 22.7 Å². The standard InChI is InChI=1S/C70H39N3OS2/c1-6-26-55-45(17-1)46-18-2-7-27-56(46)70(55)57-28-8-3-19-47(57)49-23-12-22-44(66(49)70)42-16-11-15-40(37-42)41-33-35-58-54(38-41)64-51(24-13-29-59(64)74-58)68-71-67(43-34-36-62-53(39-43)48-20-4-9-30-60(48)75-62)72-69(73-68)52-25-14-32-63-65(52)50-21-5-10-31-61(50)76-63/h1-39H. The van der Waals surface area contributed by atoms with E-state index in [1.807, 2.05) is 11.3 Å². The lowest BCUT2D eigenvalue weighted by Crippen LogP contribution is -2.26. The average Bonchev–Trinajstić information content (AvgIpc) is 4.49. The van der Waals surface area contributed by atoms with E-state index in [1.165, 1.54) is 90.6 Å². The quantitative estimate of drug-likeness (QED) is 0.172. The SMILES string of the molecule is c1cc(-c2ccc3oc4cccc(-c5nc(-c6ccc7sc8ccccc8c7c6)nc(-c6cccc7sc8ccccc8c67)n5)c4c3c2)cc(-c2cccc3c2C2(c4ccccc4-c4ccccc42)c2ccccc2-3)c1. The summed E-state index contributed by atoms with van der Waals surface area (Å²) in [6.45, 7) is 0. The normalized spacial score (nSPS) is 13.1. The molecule has 4 nitrogen and oxygen atoms in total. The summed E-state index contributed by atoms with van der Waals surface area (Å²) < 4.78 is 11.7. The first kappa shape index (κ1) is 42.1. The van der Waals surface area contributed by atoms with Gasteiger partial charge in [-0.25, -0.2) is 15.0 Å². The van der Waals surface area contributed by atoms with E-state index >= 15 is 0 Å². The first-order valence-electron chi connectivity index (χ1n) is 25.7. The summed E-state index contributed by atoms with van der Waals surface area (Å²) in [7, 11) is 0. The topological polar surface area (TPSA) is 51.8 Å². The molecule has 0 bridgehead atoms. The summed E-state index contributed by atoms with van der Waals surface area (Å²) in [5.41, 5.74) is 19.1. The molecule has 0 N–H and O–H groups in total. The molecule has 0 amide bonds. The number of rotatable bonds is 5. The van der Waals surface area contributed by atoms with E-state index in [1.54, 1.807) is 11.3 Å². The van der Waals surface area contributed by atoms with Gasteiger partial charge in [-0.1, -0.05) is 176 Å². The second-order valence-corrected chi connectivity index (χ2v) is 22.2. The molecule has 0 atom stereocenters. The molecule has 1 spiro atoms. The van der Waals surface area contributed by atoms with E-state index in [0.717, 1.165) is 55.1 Å². The van der Waals surface area contributed by atoms with Gasteiger partial charge in [-0.2, -0.15) is 0 Å². The van der Waals surface area contributed by atoms with Crippen LogP contribution in [0, 0.1) is 0 Å². The molecule has 17 rings (SSSR count). The van der Waals surface area contributed by atoms with E-state index in [4.69, 9.17) is 19.4 Å². The lowest BCUT2D eigenvalue weighted by molar-refractivity contribution is 0.669. The van der Waals surface area contributed by atoms with Crippen molar-refractivity contribution in [3.8, 4) is 78.7 Å². The summed E-state index contributed by atoms with van der Waals surface area (Å²) in [6, 6.07) is 86.2. The Bertz CT molecular complexity index is 4920. The largest absolute Gasteiger partial charge is 0.456 e. The molecule has 11 aromatic carbocycles. The monoisotopic (exact) mass is 1000 g/mol. The summed E-state index contributed by atoms with van der Waals surface area (Å²) in [5.74, 6) is 1.85. The van der Waals surface area contributed by atoms with Gasteiger partial charge >= 0.3 is 0 Å². The van der Waals surface area contributed by atoms with Crippen molar-refractivity contribution in [3.63, 3.8) is 0 Å². The lowest BCUT2D eigenvalue weighted by atomic mass is 9.68. The summed E-state index contributed by atoms with van der Waals surface area (Å²) in [4.78, 5) is 16.2. The fraction of sp³-hybridized carbons (Fsp3) is 0.0143. The maximum Gasteiger partial charge on any atom is 0.164 e. The van der Waals surface area contributed by atoms with Crippen LogP contribution < -0.4 is 0 Å². The number of thiophene rings is 2. The number of hydrogen-bond donors (Lipinski definition) is 0. The molecule has 0 radical (unpaired) electrons. The Morgan fingerprint density at radius 1 is 0.289 bits per heavy atom. The molecule has 2 aliphatic rings. The molecule has 0 aliphatic heterocycles. The zero-order valence-corrected chi connectivity index (χ0v) is 42.2. The van der Waals surface area contributed by atoms with Crippen LogP contribution in [0.5, 0.6) is 0 Å². The predicted octanol–water partition coefficient (Wildman–Crippen LogP) is 19.2.